The molecule has 0 unspecified atom stereocenters. The lowest BCUT2D eigenvalue weighted by Gasteiger charge is -1.95. The van der Waals surface area contributed by atoms with E-state index >= 15 is 0 Å². The Morgan fingerprint density at radius 3 is 2.36 bits per heavy atom. The molecular weight excluding hydrogens is 132 g/mol. The molecule has 0 aliphatic heterocycles. The van der Waals surface area contributed by atoms with E-state index in [1.165, 1.54) is 11.1 Å². The van der Waals surface area contributed by atoms with Crippen molar-refractivity contribution in [1.82, 2.24) is 0 Å². The maximum Gasteiger partial charge on any atom is -0.00976 e. The van der Waals surface area contributed by atoms with Crippen LogP contribution in [-0.2, 0) is 6.42 Å². The van der Waals surface area contributed by atoms with Crippen molar-refractivity contribution in [1.29, 1.82) is 0 Å². The third-order valence-corrected chi connectivity index (χ3v) is 1.71. The Balaban J connectivity index is 2.66. The van der Waals surface area contributed by atoms with E-state index < -0.39 is 0 Å². The van der Waals surface area contributed by atoms with Gasteiger partial charge in [-0.2, -0.15) is 0 Å². The molecule has 58 valence electrons. The van der Waals surface area contributed by atoms with Crippen molar-refractivity contribution in [2.45, 2.75) is 20.3 Å². The largest absolute Gasteiger partial charge is 0.0913 e. The molecule has 0 aromatic heterocycles. The summed E-state index contributed by atoms with van der Waals surface area (Å²) in [7, 11) is 0. The quantitative estimate of drug-likeness (QED) is 0.562. The SMILES string of the molecule is C/C=C\Cc1ccc(C)cc1. The van der Waals surface area contributed by atoms with Gasteiger partial charge in [0.15, 0.2) is 0 Å². The van der Waals surface area contributed by atoms with Crippen molar-refractivity contribution >= 4 is 0 Å². The van der Waals surface area contributed by atoms with Gasteiger partial charge in [-0.15, -0.1) is 0 Å². The molecule has 0 saturated carbocycles. The van der Waals surface area contributed by atoms with Gasteiger partial charge in [-0.05, 0) is 25.8 Å². The highest BCUT2D eigenvalue weighted by Crippen LogP contribution is 2.03. The van der Waals surface area contributed by atoms with Crippen LogP contribution >= 0.6 is 0 Å². The summed E-state index contributed by atoms with van der Waals surface area (Å²) in [6, 6.07) is 8.66. The average Bonchev–Trinajstić information content (AvgIpc) is 2.04. The van der Waals surface area contributed by atoms with E-state index in [9.17, 15) is 0 Å². The fourth-order valence-corrected chi connectivity index (χ4v) is 0.978. The highest BCUT2D eigenvalue weighted by atomic mass is 13.9. The molecule has 0 heterocycles. The van der Waals surface area contributed by atoms with Crippen molar-refractivity contribution in [3.63, 3.8) is 0 Å². The maximum atomic E-state index is 2.18. The number of aryl methyl sites for hydroxylation is 1. The van der Waals surface area contributed by atoms with Crippen LogP contribution in [-0.4, -0.2) is 0 Å². The summed E-state index contributed by atoms with van der Waals surface area (Å²) in [6.45, 7) is 4.16. The molecule has 0 atom stereocenters. The van der Waals surface area contributed by atoms with Gasteiger partial charge < -0.3 is 0 Å². The number of rotatable bonds is 2. The first-order chi connectivity index (χ1) is 5.33. The van der Waals surface area contributed by atoms with Crippen LogP contribution in [0.3, 0.4) is 0 Å². The van der Waals surface area contributed by atoms with Crippen LogP contribution in [0.4, 0.5) is 0 Å². The van der Waals surface area contributed by atoms with E-state index in [0.29, 0.717) is 0 Å². The number of benzene rings is 1. The molecule has 1 aromatic rings. The van der Waals surface area contributed by atoms with E-state index in [4.69, 9.17) is 0 Å². The van der Waals surface area contributed by atoms with E-state index in [1.54, 1.807) is 0 Å². The summed E-state index contributed by atoms with van der Waals surface area (Å²) >= 11 is 0. The first-order valence-corrected chi connectivity index (χ1v) is 3.99. The van der Waals surface area contributed by atoms with Crippen molar-refractivity contribution < 1.29 is 0 Å². The number of hydrogen-bond donors (Lipinski definition) is 0. The minimum atomic E-state index is 1.05. The summed E-state index contributed by atoms with van der Waals surface area (Å²) in [5.74, 6) is 0. The summed E-state index contributed by atoms with van der Waals surface area (Å²) in [6.07, 6.45) is 5.31. The Bertz CT molecular complexity index is 229. The van der Waals surface area contributed by atoms with Gasteiger partial charge in [0, 0.05) is 0 Å². The van der Waals surface area contributed by atoms with E-state index in [0.717, 1.165) is 6.42 Å². The smallest absolute Gasteiger partial charge is 0.00976 e. The molecule has 1 aromatic carbocycles. The zero-order chi connectivity index (χ0) is 8.10. The summed E-state index contributed by atoms with van der Waals surface area (Å²) < 4.78 is 0. The lowest BCUT2D eigenvalue weighted by atomic mass is 10.1. The lowest BCUT2D eigenvalue weighted by Crippen LogP contribution is -1.79. The van der Waals surface area contributed by atoms with Gasteiger partial charge >= 0.3 is 0 Å². The van der Waals surface area contributed by atoms with Gasteiger partial charge in [0.05, 0.1) is 0 Å². The molecule has 0 heteroatoms. The van der Waals surface area contributed by atoms with Crippen LogP contribution in [0.2, 0.25) is 0 Å². The molecule has 0 amide bonds. The van der Waals surface area contributed by atoms with E-state index in [1.807, 2.05) is 6.92 Å². The topological polar surface area (TPSA) is 0 Å². The molecule has 11 heavy (non-hydrogen) atoms. The minimum Gasteiger partial charge on any atom is -0.0913 e. The molecule has 0 radical (unpaired) electrons. The second-order valence-electron chi connectivity index (χ2n) is 2.76. The zero-order valence-corrected chi connectivity index (χ0v) is 7.17. The van der Waals surface area contributed by atoms with Crippen molar-refractivity contribution in [3.8, 4) is 0 Å². The van der Waals surface area contributed by atoms with Crippen LogP contribution in [0.5, 0.6) is 0 Å². The molecular formula is C11H14. The van der Waals surface area contributed by atoms with Crippen LogP contribution in [0, 0.1) is 6.92 Å². The Morgan fingerprint density at radius 1 is 1.18 bits per heavy atom. The third kappa shape index (κ3) is 2.58. The minimum absolute atomic E-state index is 1.05. The first kappa shape index (κ1) is 8.06. The van der Waals surface area contributed by atoms with Crippen molar-refractivity contribution in [2.75, 3.05) is 0 Å². The van der Waals surface area contributed by atoms with E-state index in [2.05, 4.69) is 43.3 Å². The molecule has 0 spiro atoms. The predicted octanol–water partition coefficient (Wildman–Crippen LogP) is 3.11. The van der Waals surface area contributed by atoms with Gasteiger partial charge in [-0.25, -0.2) is 0 Å². The zero-order valence-electron chi connectivity index (χ0n) is 7.17. The highest BCUT2D eigenvalue weighted by Gasteiger charge is 1.86. The summed E-state index contributed by atoms with van der Waals surface area (Å²) in [5.41, 5.74) is 2.71. The van der Waals surface area contributed by atoms with Gasteiger partial charge in [0.2, 0.25) is 0 Å². The van der Waals surface area contributed by atoms with Gasteiger partial charge in [-0.1, -0.05) is 42.0 Å². The second kappa shape index (κ2) is 3.97. The van der Waals surface area contributed by atoms with Crippen LogP contribution in [0.15, 0.2) is 36.4 Å². The highest BCUT2D eigenvalue weighted by molar-refractivity contribution is 5.22. The molecule has 0 bridgehead atoms. The molecule has 0 aliphatic rings. The molecule has 0 saturated heterocycles. The summed E-state index contributed by atoms with van der Waals surface area (Å²) in [5, 5.41) is 0. The van der Waals surface area contributed by atoms with Gasteiger partial charge in [-0.3, -0.25) is 0 Å². The van der Waals surface area contributed by atoms with Crippen molar-refractivity contribution in [3.05, 3.63) is 47.5 Å². The number of allylic oxidation sites excluding steroid dienone is 2. The Morgan fingerprint density at radius 2 is 1.82 bits per heavy atom. The van der Waals surface area contributed by atoms with Gasteiger partial charge in [0.25, 0.3) is 0 Å². The number of hydrogen-bond acceptors (Lipinski definition) is 0. The van der Waals surface area contributed by atoms with E-state index in [-0.39, 0.29) is 0 Å². The molecule has 0 aliphatic carbocycles. The normalized spacial score (nSPS) is 10.7. The average molecular weight is 146 g/mol. The third-order valence-electron chi connectivity index (χ3n) is 1.71. The Hall–Kier alpha value is -1.04. The molecule has 1 rings (SSSR count). The lowest BCUT2D eigenvalue weighted by molar-refractivity contribution is 1.25. The maximum absolute atomic E-state index is 2.18. The first-order valence-electron chi connectivity index (χ1n) is 3.99. The fourth-order valence-electron chi connectivity index (χ4n) is 0.978. The molecule has 0 N–H and O–H groups in total. The van der Waals surface area contributed by atoms with Crippen molar-refractivity contribution in [2.24, 2.45) is 0 Å². The Kier molecular flexibility index (Phi) is 2.91. The van der Waals surface area contributed by atoms with Crippen LogP contribution < -0.4 is 0 Å². The standard InChI is InChI=1S/C11H14/c1-3-4-5-11-8-6-10(2)7-9-11/h3-4,6-9H,5H2,1-2H3/b4-3-. The molecule has 0 fully saturated rings. The monoisotopic (exact) mass is 146 g/mol. The molecule has 0 nitrogen and oxygen atoms in total. The predicted molar refractivity (Wildman–Crippen MR) is 49.7 cm³/mol. The second-order valence-corrected chi connectivity index (χ2v) is 2.76. The van der Waals surface area contributed by atoms with Crippen LogP contribution in [0.25, 0.3) is 0 Å². The van der Waals surface area contributed by atoms with Crippen LogP contribution in [0.1, 0.15) is 18.1 Å². The van der Waals surface area contributed by atoms with Gasteiger partial charge in [0.1, 0.15) is 0 Å². The fraction of sp³-hybridized carbons (Fsp3) is 0.273. The Labute approximate surface area is 68.6 Å². The summed E-state index contributed by atoms with van der Waals surface area (Å²) in [4.78, 5) is 0.